The SMILES string of the molecule is O=C1CCCCC(c2ccc(F)cc2)N1. The first-order valence-electron chi connectivity index (χ1n) is 5.30. The maximum atomic E-state index is 12.7. The van der Waals surface area contributed by atoms with Gasteiger partial charge in [0.05, 0.1) is 6.04 Å². The van der Waals surface area contributed by atoms with Crippen LogP contribution in [0.15, 0.2) is 24.3 Å². The van der Waals surface area contributed by atoms with Gasteiger partial charge in [-0.05, 0) is 30.5 Å². The van der Waals surface area contributed by atoms with Crippen LogP contribution in [0.25, 0.3) is 0 Å². The maximum absolute atomic E-state index is 12.7. The smallest absolute Gasteiger partial charge is 0.220 e. The summed E-state index contributed by atoms with van der Waals surface area (Å²) in [5.74, 6) is -0.138. The van der Waals surface area contributed by atoms with Crippen LogP contribution in [0.3, 0.4) is 0 Å². The van der Waals surface area contributed by atoms with Crippen molar-refractivity contribution in [2.75, 3.05) is 0 Å². The van der Waals surface area contributed by atoms with Crippen molar-refractivity contribution in [3.63, 3.8) is 0 Å². The molecule has 0 bridgehead atoms. The molecule has 1 saturated heterocycles. The van der Waals surface area contributed by atoms with Crippen LogP contribution in [0.5, 0.6) is 0 Å². The van der Waals surface area contributed by atoms with Gasteiger partial charge in [-0.2, -0.15) is 0 Å². The molecule has 0 aromatic heterocycles. The second-order valence-corrected chi connectivity index (χ2v) is 3.92. The third kappa shape index (κ3) is 2.55. The molecule has 1 aliphatic heterocycles. The molecule has 80 valence electrons. The Morgan fingerprint density at radius 1 is 1.20 bits per heavy atom. The molecule has 0 saturated carbocycles. The summed E-state index contributed by atoms with van der Waals surface area (Å²) in [6.45, 7) is 0. The molecule has 3 heteroatoms. The van der Waals surface area contributed by atoms with Crippen LogP contribution in [-0.4, -0.2) is 5.91 Å². The summed E-state index contributed by atoms with van der Waals surface area (Å²) in [6.07, 6.45) is 3.54. The van der Waals surface area contributed by atoms with Crippen molar-refractivity contribution in [3.05, 3.63) is 35.6 Å². The third-order valence-electron chi connectivity index (χ3n) is 2.75. The number of amides is 1. The minimum absolute atomic E-state index is 0.0561. The van der Waals surface area contributed by atoms with E-state index in [1.165, 1.54) is 12.1 Å². The van der Waals surface area contributed by atoms with E-state index >= 15 is 0 Å². The standard InChI is InChI=1S/C12H14FNO/c13-10-7-5-9(6-8-10)11-3-1-2-4-12(15)14-11/h5-8,11H,1-4H2,(H,14,15). The summed E-state index contributed by atoms with van der Waals surface area (Å²) in [6, 6.07) is 6.41. The number of halogens is 1. The van der Waals surface area contributed by atoms with E-state index in [1.807, 2.05) is 0 Å². The van der Waals surface area contributed by atoms with Crippen molar-refractivity contribution < 1.29 is 9.18 Å². The number of hydrogen-bond donors (Lipinski definition) is 1. The third-order valence-corrected chi connectivity index (χ3v) is 2.75. The van der Waals surface area contributed by atoms with Crippen LogP contribution in [-0.2, 0) is 4.79 Å². The lowest BCUT2D eigenvalue weighted by Gasteiger charge is -2.15. The molecule has 1 atom stereocenters. The zero-order chi connectivity index (χ0) is 10.7. The molecule has 1 aliphatic rings. The largest absolute Gasteiger partial charge is 0.349 e. The molecule has 2 rings (SSSR count). The van der Waals surface area contributed by atoms with Crippen LogP contribution in [0.4, 0.5) is 4.39 Å². The Bertz CT molecular complexity index is 347. The number of nitrogens with one attached hydrogen (secondary N) is 1. The van der Waals surface area contributed by atoms with Gasteiger partial charge in [-0.25, -0.2) is 4.39 Å². The second kappa shape index (κ2) is 4.43. The summed E-state index contributed by atoms with van der Waals surface area (Å²) in [7, 11) is 0. The lowest BCUT2D eigenvalue weighted by atomic mass is 10.0. The average Bonchev–Trinajstić information content (AvgIpc) is 2.44. The molecule has 1 aromatic carbocycles. The predicted molar refractivity (Wildman–Crippen MR) is 55.8 cm³/mol. The van der Waals surface area contributed by atoms with Gasteiger partial charge in [0.15, 0.2) is 0 Å². The van der Waals surface area contributed by atoms with Gasteiger partial charge in [-0.3, -0.25) is 4.79 Å². The fourth-order valence-corrected chi connectivity index (χ4v) is 1.92. The summed E-state index contributed by atoms with van der Waals surface area (Å²) in [5.41, 5.74) is 0.992. The Labute approximate surface area is 88.5 Å². The fourth-order valence-electron chi connectivity index (χ4n) is 1.92. The van der Waals surface area contributed by atoms with E-state index in [2.05, 4.69) is 5.32 Å². The minimum atomic E-state index is -0.237. The van der Waals surface area contributed by atoms with Crippen molar-refractivity contribution >= 4 is 5.91 Å². The monoisotopic (exact) mass is 207 g/mol. The van der Waals surface area contributed by atoms with Gasteiger partial charge in [0.25, 0.3) is 0 Å². The molecular weight excluding hydrogens is 193 g/mol. The van der Waals surface area contributed by atoms with Gasteiger partial charge < -0.3 is 5.32 Å². The van der Waals surface area contributed by atoms with E-state index < -0.39 is 0 Å². The van der Waals surface area contributed by atoms with Gasteiger partial charge in [0.1, 0.15) is 5.82 Å². The molecule has 1 N–H and O–H groups in total. The topological polar surface area (TPSA) is 29.1 Å². The summed E-state index contributed by atoms with van der Waals surface area (Å²) in [4.78, 5) is 11.3. The molecule has 2 nitrogen and oxygen atoms in total. The molecule has 1 unspecified atom stereocenters. The molecule has 0 radical (unpaired) electrons. The number of carbonyl (C=O) groups excluding carboxylic acids is 1. The highest BCUT2D eigenvalue weighted by Crippen LogP contribution is 2.22. The molecule has 1 aromatic rings. The zero-order valence-electron chi connectivity index (χ0n) is 8.50. The fraction of sp³-hybridized carbons (Fsp3) is 0.417. The first-order valence-corrected chi connectivity index (χ1v) is 5.30. The van der Waals surface area contributed by atoms with Crippen molar-refractivity contribution in [1.29, 1.82) is 0 Å². The quantitative estimate of drug-likeness (QED) is 0.753. The summed E-state index contributed by atoms with van der Waals surface area (Å²) >= 11 is 0. The summed E-state index contributed by atoms with van der Waals surface area (Å²) < 4.78 is 12.7. The normalized spacial score (nSPS) is 21.9. The van der Waals surface area contributed by atoms with Crippen molar-refractivity contribution in [1.82, 2.24) is 5.32 Å². The van der Waals surface area contributed by atoms with Gasteiger partial charge in [-0.1, -0.05) is 18.6 Å². The van der Waals surface area contributed by atoms with E-state index in [0.717, 1.165) is 24.8 Å². The lowest BCUT2D eigenvalue weighted by Crippen LogP contribution is -2.25. The number of hydrogen-bond acceptors (Lipinski definition) is 1. The number of benzene rings is 1. The molecule has 1 heterocycles. The molecular formula is C12H14FNO. The van der Waals surface area contributed by atoms with E-state index in [9.17, 15) is 9.18 Å². The highest BCUT2D eigenvalue weighted by Gasteiger charge is 2.17. The van der Waals surface area contributed by atoms with Gasteiger partial charge in [0.2, 0.25) is 5.91 Å². The number of rotatable bonds is 1. The molecule has 0 aliphatic carbocycles. The van der Waals surface area contributed by atoms with Crippen LogP contribution < -0.4 is 5.32 Å². The van der Waals surface area contributed by atoms with Crippen molar-refractivity contribution in [3.8, 4) is 0 Å². The van der Waals surface area contributed by atoms with Gasteiger partial charge in [0, 0.05) is 6.42 Å². The molecule has 1 fully saturated rings. The summed E-state index contributed by atoms with van der Waals surface area (Å²) in [5, 5.41) is 2.95. The second-order valence-electron chi connectivity index (χ2n) is 3.92. The Hall–Kier alpha value is -1.38. The van der Waals surface area contributed by atoms with Crippen LogP contribution in [0.2, 0.25) is 0 Å². The van der Waals surface area contributed by atoms with Crippen LogP contribution >= 0.6 is 0 Å². The molecule has 0 spiro atoms. The maximum Gasteiger partial charge on any atom is 0.220 e. The van der Waals surface area contributed by atoms with E-state index in [1.54, 1.807) is 12.1 Å². The predicted octanol–water partition coefficient (Wildman–Crippen LogP) is 2.56. The van der Waals surface area contributed by atoms with Crippen LogP contribution in [0.1, 0.15) is 37.3 Å². The average molecular weight is 207 g/mol. The zero-order valence-corrected chi connectivity index (χ0v) is 8.50. The Balaban J connectivity index is 2.14. The minimum Gasteiger partial charge on any atom is -0.349 e. The van der Waals surface area contributed by atoms with E-state index in [4.69, 9.17) is 0 Å². The Morgan fingerprint density at radius 2 is 1.93 bits per heavy atom. The lowest BCUT2D eigenvalue weighted by molar-refractivity contribution is -0.121. The first-order chi connectivity index (χ1) is 7.25. The van der Waals surface area contributed by atoms with E-state index in [0.29, 0.717) is 6.42 Å². The van der Waals surface area contributed by atoms with Gasteiger partial charge >= 0.3 is 0 Å². The van der Waals surface area contributed by atoms with E-state index in [-0.39, 0.29) is 17.8 Å². The number of carbonyl (C=O) groups is 1. The Morgan fingerprint density at radius 3 is 2.67 bits per heavy atom. The Kier molecular flexibility index (Phi) is 2.99. The van der Waals surface area contributed by atoms with Crippen LogP contribution in [0, 0.1) is 5.82 Å². The highest BCUT2D eigenvalue weighted by molar-refractivity contribution is 5.76. The molecule has 15 heavy (non-hydrogen) atoms. The first kappa shape index (κ1) is 10.1. The van der Waals surface area contributed by atoms with Gasteiger partial charge in [-0.15, -0.1) is 0 Å². The van der Waals surface area contributed by atoms with Crippen molar-refractivity contribution in [2.24, 2.45) is 0 Å². The van der Waals surface area contributed by atoms with Crippen molar-refractivity contribution in [2.45, 2.75) is 31.7 Å². The highest BCUT2D eigenvalue weighted by atomic mass is 19.1. The molecule has 1 amide bonds.